The molecule has 1 aromatic rings. The number of hydrogen-bond donors (Lipinski definition) is 0. The molecule has 3 aliphatic rings. The number of benzene rings is 1. The van der Waals surface area contributed by atoms with Crippen molar-refractivity contribution < 1.29 is 9.59 Å². The predicted octanol–water partition coefficient (Wildman–Crippen LogP) is 2.31. The lowest BCUT2D eigenvalue weighted by atomic mass is 9.85. The Labute approximate surface area is 111 Å². The standard InChI is InChI=1S/C16H15NO2/c1-9-3-2-4-12(7-9)17-15(18)13-10-5-6-11(8-10)14(13)16(17)19/h2-7,10-11,13-14H,8H2,1H3/t10-,11-,13+,14+/m1/s1. The number of amides is 2. The second-order valence-electron chi connectivity index (χ2n) is 5.85. The van der Waals surface area contributed by atoms with Crippen molar-refractivity contribution >= 4 is 17.5 Å². The highest BCUT2D eigenvalue weighted by atomic mass is 16.2. The van der Waals surface area contributed by atoms with E-state index in [0.717, 1.165) is 17.7 Å². The number of carbonyl (C=O) groups is 2. The van der Waals surface area contributed by atoms with E-state index in [9.17, 15) is 9.59 Å². The first kappa shape index (κ1) is 11.0. The fourth-order valence-electron chi connectivity index (χ4n) is 3.92. The fourth-order valence-corrected chi connectivity index (χ4v) is 3.92. The van der Waals surface area contributed by atoms with Crippen LogP contribution in [0.25, 0.3) is 0 Å². The Bertz CT molecular complexity index is 589. The molecule has 2 aliphatic carbocycles. The summed E-state index contributed by atoms with van der Waals surface area (Å²) in [6, 6.07) is 7.62. The Morgan fingerprint density at radius 2 is 1.68 bits per heavy atom. The van der Waals surface area contributed by atoms with Gasteiger partial charge in [0.25, 0.3) is 0 Å². The first-order chi connectivity index (χ1) is 9.16. The van der Waals surface area contributed by atoms with Crippen LogP contribution in [0.2, 0.25) is 0 Å². The van der Waals surface area contributed by atoms with Crippen LogP contribution in [0.3, 0.4) is 0 Å². The highest BCUT2D eigenvalue weighted by molar-refractivity contribution is 6.22. The molecule has 0 radical (unpaired) electrons. The Kier molecular flexibility index (Phi) is 2.06. The monoisotopic (exact) mass is 253 g/mol. The fraction of sp³-hybridized carbons (Fsp3) is 0.375. The Hall–Kier alpha value is -1.90. The third kappa shape index (κ3) is 1.33. The van der Waals surface area contributed by atoms with Crippen LogP contribution in [0.5, 0.6) is 0 Å². The summed E-state index contributed by atoms with van der Waals surface area (Å²) >= 11 is 0. The summed E-state index contributed by atoms with van der Waals surface area (Å²) in [6.07, 6.45) is 5.22. The quantitative estimate of drug-likeness (QED) is 0.569. The summed E-state index contributed by atoms with van der Waals surface area (Å²) < 4.78 is 0. The number of allylic oxidation sites excluding steroid dienone is 2. The summed E-state index contributed by atoms with van der Waals surface area (Å²) in [5.74, 6) is 0.337. The van der Waals surface area contributed by atoms with Crippen LogP contribution < -0.4 is 4.90 Å². The van der Waals surface area contributed by atoms with Gasteiger partial charge >= 0.3 is 0 Å². The average molecular weight is 253 g/mol. The van der Waals surface area contributed by atoms with Gasteiger partial charge in [-0.05, 0) is 42.9 Å². The first-order valence-corrected chi connectivity index (χ1v) is 6.79. The van der Waals surface area contributed by atoms with E-state index in [-0.39, 0.29) is 35.5 Å². The molecule has 0 spiro atoms. The van der Waals surface area contributed by atoms with Gasteiger partial charge in [-0.1, -0.05) is 24.3 Å². The predicted molar refractivity (Wildman–Crippen MR) is 71.4 cm³/mol. The molecule has 96 valence electrons. The van der Waals surface area contributed by atoms with Crippen LogP contribution in [-0.2, 0) is 9.59 Å². The molecule has 19 heavy (non-hydrogen) atoms. The van der Waals surface area contributed by atoms with Gasteiger partial charge < -0.3 is 0 Å². The molecular weight excluding hydrogens is 238 g/mol. The number of imide groups is 1. The van der Waals surface area contributed by atoms with E-state index >= 15 is 0 Å². The van der Waals surface area contributed by atoms with Crippen molar-refractivity contribution in [2.45, 2.75) is 13.3 Å². The normalized spacial score (nSPS) is 35.3. The van der Waals surface area contributed by atoms with Crippen molar-refractivity contribution in [2.75, 3.05) is 4.90 Å². The minimum Gasteiger partial charge on any atom is -0.274 e. The van der Waals surface area contributed by atoms with Crippen molar-refractivity contribution in [3.8, 4) is 0 Å². The lowest BCUT2D eigenvalue weighted by Gasteiger charge is -2.17. The molecule has 1 saturated carbocycles. The third-order valence-corrected chi connectivity index (χ3v) is 4.73. The smallest absolute Gasteiger partial charge is 0.238 e. The molecule has 3 heteroatoms. The van der Waals surface area contributed by atoms with Gasteiger partial charge in [-0.3, -0.25) is 14.5 Å². The van der Waals surface area contributed by atoms with E-state index in [1.165, 1.54) is 4.90 Å². The van der Waals surface area contributed by atoms with E-state index in [2.05, 4.69) is 12.2 Å². The van der Waals surface area contributed by atoms with E-state index < -0.39 is 0 Å². The molecule has 0 N–H and O–H groups in total. The van der Waals surface area contributed by atoms with Crippen LogP contribution in [0.15, 0.2) is 36.4 Å². The highest BCUT2D eigenvalue weighted by Gasteiger charge is 2.59. The highest BCUT2D eigenvalue weighted by Crippen LogP contribution is 2.53. The largest absolute Gasteiger partial charge is 0.274 e. The summed E-state index contributed by atoms with van der Waals surface area (Å²) in [4.78, 5) is 26.6. The number of carbonyl (C=O) groups excluding carboxylic acids is 2. The molecule has 0 unspecified atom stereocenters. The van der Waals surface area contributed by atoms with Crippen LogP contribution in [0.4, 0.5) is 5.69 Å². The molecule has 4 atom stereocenters. The van der Waals surface area contributed by atoms with Crippen LogP contribution in [-0.4, -0.2) is 11.8 Å². The van der Waals surface area contributed by atoms with Gasteiger partial charge in [-0.15, -0.1) is 0 Å². The molecule has 1 aliphatic heterocycles. The van der Waals surface area contributed by atoms with Crippen LogP contribution >= 0.6 is 0 Å². The zero-order chi connectivity index (χ0) is 13.1. The minimum atomic E-state index is -0.108. The SMILES string of the molecule is Cc1cccc(N2C(=O)[C@@H]3[C@@H](C2=O)[C@@H]2C=C[C@@H]3C2)c1. The maximum absolute atomic E-state index is 12.6. The topological polar surface area (TPSA) is 37.4 Å². The van der Waals surface area contributed by atoms with Gasteiger partial charge in [0.2, 0.25) is 11.8 Å². The molecule has 3 nitrogen and oxygen atoms in total. The van der Waals surface area contributed by atoms with Crippen molar-refractivity contribution in [1.29, 1.82) is 0 Å². The second-order valence-corrected chi connectivity index (χ2v) is 5.85. The van der Waals surface area contributed by atoms with E-state index in [1.54, 1.807) is 0 Å². The first-order valence-electron chi connectivity index (χ1n) is 6.79. The maximum atomic E-state index is 12.6. The van der Waals surface area contributed by atoms with Gasteiger partial charge in [-0.25, -0.2) is 0 Å². The maximum Gasteiger partial charge on any atom is 0.238 e. The van der Waals surface area contributed by atoms with Crippen LogP contribution in [0.1, 0.15) is 12.0 Å². The Morgan fingerprint density at radius 1 is 1.05 bits per heavy atom. The van der Waals surface area contributed by atoms with E-state index in [1.807, 2.05) is 31.2 Å². The molecule has 2 fully saturated rings. The van der Waals surface area contributed by atoms with Gasteiger partial charge in [-0.2, -0.15) is 0 Å². The number of fused-ring (bicyclic) bond motifs is 5. The molecule has 1 aromatic carbocycles. The van der Waals surface area contributed by atoms with Gasteiger partial charge in [0.1, 0.15) is 0 Å². The third-order valence-electron chi connectivity index (χ3n) is 4.73. The number of anilines is 1. The summed E-state index contributed by atoms with van der Waals surface area (Å²) in [7, 11) is 0. The van der Waals surface area contributed by atoms with Crippen molar-refractivity contribution in [2.24, 2.45) is 23.7 Å². The molecule has 2 amide bonds. The second kappa shape index (κ2) is 3.56. The molecule has 4 rings (SSSR count). The summed E-state index contributed by atoms with van der Waals surface area (Å²) in [5, 5.41) is 0. The minimum absolute atomic E-state index is 0.00236. The summed E-state index contributed by atoms with van der Waals surface area (Å²) in [5.41, 5.74) is 1.79. The lowest BCUT2D eigenvalue weighted by Crippen LogP contribution is -2.32. The number of nitrogens with zero attached hydrogens (tertiary/aromatic N) is 1. The number of aryl methyl sites for hydroxylation is 1. The van der Waals surface area contributed by atoms with Gasteiger partial charge in [0, 0.05) is 0 Å². The van der Waals surface area contributed by atoms with Crippen molar-refractivity contribution in [3.63, 3.8) is 0 Å². The molecule has 0 aromatic heterocycles. The molecule has 1 saturated heterocycles. The lowest BCUT2D eigenvalue weighted by molar-refractivity contribution is -0.123. The molecular formula is C16H15NO2. The number of rotatable bonds is 1. The molecule has 1 heterocycles. The van der Waals surface area contributed by atoms with E-state index in [0.29, 0.717) is 0 Å². The van der Waals surface area contributed by atoms with Crippen molar-refractivity contribution in [3.05, 3.63) is 42.0 Å². The molecule has 2 bridgehead atoms. The van der Waals surface area contributed by atoms with E-state index in [4.69, 9.17) is 0 Å². The average Bonchev–Trinajstić information content (AvgIpc) is 3.04. The Balaban J connectivity index is 1.77. The van der Waals surface area contributed by atoms with Gasteiger partial charge in [0.05, 0.1) is 17.5 Å². The van der Waals surface area contributed by atoms with Crippen molar-refractivity contribution in [1.82, 2.24) is 0 Å². The zero-order valence-corrected chi connectivity index (χ0v) is 10.7. The summed E-state index contributed by atoms with van der Waals surface area (Å²) in [6.45, 7) is 1.97. The van der Waals surface area contributed by atoms with Gasteiger partial charge in [0.15, 0.2) is 0 Å². The zero-order valence-electron chi connectivity index (χ0n) is 10.7. The van der Waals surface area contributed by atoms with Crippen LogP contribution in [0, 0.1) is 30.6 Å². The Morgan fingerprint density at radius 3 is 2.26 bits per heavy atom. The number of hydrogen-bond acceptors (Lipinski definition) is 2.